The molecule has 0 N–H and O–H groups in total. The van der Waals surface area contributed by atoms with E-state index in [4.69, 9.17) is 9.47 Å². The van der Waals surface area contributed by atoms with Crippen molar-refractivity contribution < 1.29 is 9.47 Å². The molecule has 1 unspecified atom stereocenters. The zero-order valence-corrected chi connectivity index (χ0v) is 19.0. The van der Waals surface area contributed by atoms with Gasteiger partial charge in [0.15, 0.2) is 5.72 Å². The maximum absolute atomic E-state index is 6.52. The minimum Gasteiger partial charge on any atom is -0.497 e. The first-order valence-electron chi connectivity index (χ1n) is 10.9. The molecule has 5 rings (SSSR count). The van der Waals surface area contributed by atoms with Gasteiger partial charge in [-0.15, -0.1) is 0 Å². The van der Waals surface area contributed by atoms with Crippen molar-refractivity contribution in [3.63, 3.8) is 0 Å². The minimum absolute atomic E-state index is 0.219. The number of rotatable bonds is 4. The molecule has 1 atom stereocenters. The van der Waals surface area contributed by atoms with E-state index < -0.39 is 5.72 Å². The van der Waals surface area contributed by atoms with Crippen LogP contribution in [0.1, 0.15) is 25.0 Å². The smallest absolute Gasteiger partial charge is 0.170 e. The summed E-state index contributed by atoms with van der Waals surface area (Å²) < 4.78 is 12.0. The van der Waals surface area contributed by atoms with Crippen LogP contribution in [-0.2, 0) is 10.2 Å². The first kappa shape index (κ1) is 20.0. The lowest BCUT2D eigenvalue weighted by molar-refractivity contribution is 0.000310. The lowest BCUT2D eigenvalue weighted by Crippen LogP contribution is -2.51. The zero-order chi connectivity index (χ0) is 21.8. The molecular formula is C27H30N2O2. The van der Waals surface area contributed by atoms with E-state index in [0.717, 1.165) is 18.9 Å². The van der Waals surface area contributed by atoms with Crippen LogP contribution in [0.4, 0.5) is 11.4 Å². The van der Waals surface area contributed by atoms with Gasteiger partial charge < -0.3 is 19.3 Å². The normalized spacial score (nSPS) is 21.5. The number of anilines is 2. The van der Waals surface area contributed by atoms with Crippen molar-refractivity contribution in [3.8, 4) is 5.75 Å². The van der Waals surface area contributed by atoms with Gasteiger partial charge in [-0.2, -0.15) is 0 Å². The van der Waals surface area contributed by atoms with Crippen molar-refractivity contribution in [2.75, 3.05) is 44.2 Å². The van der Waals surface area contributed by atoms with Gasteiger partial charge in [0.1, 0.15) is 5.75 Å². The van der Waals surface area contributed by atoms with E-state index in [2.05, 4.69) is 98.4 Å². The Hall–Kier alpha value is -2.98. The zero-order valence-electron chi connectivity index (χ0n) is 19.0. The average molecular weight is 415 g/mol. The number of fused-ring (bicyclic) bond motifs is 4. The maximum atomic E-state index is 6.52. The predicted octanol–water partition coefficient (Wildman–Crippen LogP) is 5.45. The summed E-state index contributed by atoms with van der Waals surface area (Å²) in [6.07, 6.45) is 4.51. The van der Waals surface area contributed by atoms with E-state index in [9.17, 15) is 0 Å². The number of hydrogen-bond acceptors (Lipinski definition) is 4. The fourth-order valence-electron chi connectivity index (χ4n) is 5.32. The van der Waals surface area contributed by atoms with E-state index in [1.807, 2.05) is 6.07 Å². The van der Waals surface area contributed by atoms with Crippen LogP contribution in [0.15, 0.2) is 60.7 Å². The Balaban J connectivity index is 1.62. The molecule has 0 aromatic heterocycles. The van der Waals surface area contributed by atoms with Crippen LogP contribution in [0.25, 0.3) is 16.8 Å². The number of methoxy groups -OCH3 is 1. The van der Waals surface area contributed by atoms with Crippen LogP contribution in [0.5, 0.6) is 5.75 Å². The fraction of sp³-hybridized carbons (Fsp3) is 0.333. The third kappa shape index (κ3) is 2.78. The van der Waals surface area contributed by atoms with E-state index in [0.29, 0.717) is 0 Å². The Labute approximate surface area is 184 Å². The summed E-state index contributed by atoms with van der Waals surface area (Å²) in [6.45, 7) is 6.15. The van der Waals surface area contributed by atoms with Gasteiger partial charge >= 0.3 is 0 Å². The molecule has 0 radical (unpaired) electrons. The van der Waals surface area contributed by atoms with Gasteiger partial charge in [-0.05, 0) is 46.9 Å². The van der Waals surface area contributed by atoms with Crippen LogP contribution >= 0.6 is 0 Å². The Morgan fingerprint density at radius 1 is 1.03 bits per heavy atom. The molecule has 4 nitrogen and oxygen atoms in total. The van der Waals surface area contributed by atoms with Crippen molar-refractivity contribution >= 4 is 28.2 Å². The van der Waals surface area contributed by atoms with E-state index in [-0.39, 0.29) is 5.41 Å². The molecule has 2 aliphatic rings. The topological polar surface area (TPSA) is 24.9 Å². The molecule has 0 spiro atoms. The van der Waals surface area contributed by atoms with Crippen molar-refractivity contribution in [1.82, 2.24) is 0 Å². The van der Waals surface area contributed by atoms with Crippen molar-refractivity contribution in [1.29, 1.82) is 0 Å². The second-order valence-corrected chi connectivity index (χ2v) is 9.15. The molecule has 0 aliphatic carbocycles. The molecule has 0 saturated carbocycles. The van der Waals surface area contributed by atoms with Crippen LogP contribution in [0.3, 0.4) is 0 Å². The van der Waals surface area contributed by atoms with Gasteiger partial charge in [-0.25, -0.2) is 0 Å². The molecular weight excluding hydrogens is 384 g/mol. The summed E-state index contributed by atoms with van der Waals surface area (Å²) in [5.41, 5.74) is 4.21. The average Bonchev–Trinajstić information content (AvgIpc) is 3.28. The Morgan fingerprint density at radius 2 is 1.81 bits per heavy atom. The number of nitrogens with zero attached hydrogens (tertiary/aromatic N) is 2. The summed E-state index contributed by atoms with van der Waals surface area (Å²) >= 11 is 0. The van der Waals surface area contributed by atoms with E-state index in [1.165, 1.54) is 33.3 Å². The summed E-state index contributed by atoms with van der Waals surface area (Å²) in [7, 11) is 5.90. The predicted molar refractivity (Wildman–Crippen MR) is 129 cm³/mol. The van der Waals surface area contributed by atoms with Gasteiger partial charge in [-0.1, -0.05) is 50.3 Å². The molecule has 31 heavy (non-hydrogen) atoms. The largest absolute Gasteiger partial charge is 0.497 e. The molecule has 3 aromatic carbocycles. The molecule has 4 heteroatoms. The van der Waals surface area contributed by atoms with E-state index >= 15 is 0 Å². The van der Waals surface area contributed by atoms with Gasteiger partial charge in [0.2, 0.25) is 0 Å². The van der Waals surface area contributed by atoms with E-state index in [1.54, 1.807) is 7.11 Å². The van der Waals surface area contributed by atoms with Gasteiger partial charge in [-0.3, -0.25) is 0 Å². The lowest BCUT2D eigenvalue weighted by Gasteiger charge is -2.39. The fourth-order valence-corrected chi connectivity index (χ4v) is 5.32. The van der Waals surface area contributed by atoms with Gasteiger partial charge in [0.05, 0.1) is 13.7 Å². The first-order valence-corrected chi connectivity index (χ1v) is 10.9. The van der Waals surface area contributed by atoms with Crippen molar-refractivity contribution in [2.24, 2.45) is 0 Å². The molecule has 1 fully saturated rings. The third-order valence-electron chi connectivity index (χ3n) is 7.01. The second kappa shape index (κ2) is 7.03. The molecule has 0 bridgehead atoms. The van der Waals surface area contributed by atoms with Crippen LogP contribution in [0.2, 0.25) is 0 Å². The monoisotopic (exact) mass is 414 g/mol. The number of ether oxygens (including phenoxy) is 2. The Kier molecular flexibility index (Phi) is 4.52. The SMILES string of the molecule is COc1ccc2c(c1)C(C)(C)C1(/C=C/c3ccc(N(C)C)c4ccccc34)OCCN21. The number of benzene rings is 3. The van der Waals surface area contributed by atoms with Crippen LogP contribution in [-0.4, -0.2) is 40.1 Å². The summed E-state index contributed by atoms with van der Waals surface area (Å²) in [6, 6.07) is 19.4. The quantitative estimate of drug-likeness (QED) is 0.567. The lowest BCUT2D eigenvalue weighted by atomic mass is 9.77. The highest BCUT2D eigenvalue weighted by Gasteiger charge is 2.59. The maximum Gasteiger partial charge on any atom is 0.170 e. The number of hydrogen-bond donors (Lipinski definition) is 0. The van der Waals surface area contributed by atoms with Crippen molar-refractivity contribution in [2.45, 2.75) is 25.0 Å². The Morgan fingerprint density at radius 3 is 2.55 bits per heavy atom. The van der Waals surface area contributed by atoms with Crippen LogP contribution < -0.4 is 14.5 Å². The molecule has 2 aliphatic heterocycles. The highest BCUT2D eigenvalue weighted by atomic mass is 16.5. The highest BCUT2D eigenvalue weighted by Crippen LogP contribution is 2.55. The summed E-state index contributed by atoms with van der Waals surface area (Å²) in [4.78, 5) is 4.58. The second-order valence-electron chi connectivity index (χ2n) is 9.15. The van der Waals surface area contributed by atoms with Crippen LogP contribution in [0, 0.1) is 0 Å². The molecule has 2 heterocycles. The molecule has 1 saturated heterocycles. The first-order chi connectivity index (χ1) is 14.9. The summed E-state index contributed by atoms with van der Waals surface area (Å²) in [5.74, 6) is 0.886. The standard InChI is InChI=1S/C27H30N2O2/c1-26(2)23-18-20(30-5)11-13-25(23)29-16-17-31-27(26,29)15-14-19-10-12-24(28(3)4)22-9-7-6-8-21(19)22/h6-15,18H,16-17H2,1-5H3/b15-14+. The Bertz CT molecular complexity index is 1180. The molecule has 3 aromatic rings. The van der Waals surface area contributed by atoms with Crippen molar-refractivity contribution in [3.05, 3.63) is 71.8 Å². The minimum atomic E-state index is -0.511. The summed E-state index contributed by atoms with van der Waals surface area (Å²) in [5, 5.41) is 2.51. The molecule has 160 valence electrons. The van der Waals surface area contributed by atoms with Gasteiger partial charge in [0.25, 0.3) is 0 Å². The van der Waals surface area contributed by atoms with Gasteiger partial charge in [0, 0.05) is 42.8 Å². The third-order valence-corrected chi connectivity index (χ3v) is 7.01. The molecule has 0 amide bonds. The highest BCUT2D eigenvalue weighted by molar-refractivity contribution is 5.99.